The van der Waals surface area contributed by atoms with Gasteiger partial charge < -0.3 is 5.32 Å². The molecule has 2 rings (SSSR count). The van der Waals surface area contributed by atoms with Gasteiger partial charge in [0.05, 0.1) is 0 Å². The first kappa shape index (κ1) is 10.6. The molecule has 1 aliphatic heterocycles. The first-order valence-corrected chi connectivity index (χ1v) is 5.91. The molecule has 1 atom stereocenters. The quantitative estimate of drug-likeness (QED) is 0.800. The van der Waals surface area contributed by atoms with Crippen molar-refractivity contribution in [3.8, 4) is 0 Å². The molecule has 0 radical (unpaired) electrons. The minimum absolute atomic E-state index is 0.646. The molecule has 0 unspecified atom stereocenters. The fraction of sp³-hybridized carbons (Fsp3) is 0.615. The maximum absolute atomic E-state index is 4.59. The summed E-state index contributed by atoms with van der Waals surface area (Å²) in [4.78, 5) is 4.59. The average Bonchev–Trinajstić information content (AvgIpc) is 2.17. The topological polar surface area (TPSA) is 24.9 Å². The second-order valence-electron chi connectivity index (χ2n) is 4.63. The Kier molecular flexibility index (Phi) is 3.37. The van der Waals surface area contributed by atoms with Crippen LogP contribution in [0.25, 0.3) is 0 Å². The first-order valence-electron chi connectivity index (χ1n) is 5.91. The van der Waals surface area contributed by atoms with Crippen molar-refractivity contribution >= 4 is 0 Å². The summed E-state index contributed by atoms with van der Waals surface area (Å²) in [7, 11) is 0. The van der Waals surface area contributed by atoms with Crippen LogP contribution in [0.2, 0.25) is 0 Å². The zero-order valence-electron chi connectivity index (χ0n) is 9.71. The highest BCUT2D eigenvalue weighted by Gasteiger charge is 2.13. The molecule has 1 aromatic heterocycles. The molecule has 1 aromatic rings. The number of aryl methyl sites for hydroxylation is 2. The van der Waals surface area contributed by atoms with E-state index >= 15 is 0 Å². The lowest BCUT2D eigenvalue weighted by molar-refractivity contribution is 0.397. The molecule has 0 saturated carbocycles. The minimum Gasteiger partial charge on any atom is -0.314 e. The summed E-state index contributed by atoms with van der Waals surface area (Å²) in [5, 5.41) is 3.57. The zero-order valence-corrected chi connectivity index (χ0v) is 9.71. The van der Waals surface area contributed by atoms with Gasteiger partial charge >= 0.3 is 0 Å². The van der Waals surface area contributed by atoms with Crippen molar-refractivity contribution in [1.29, 1.82) is 0 Å². The maximum atomic E-state index is 4.59. The Balaban J connectivity index is 2.02. The van der Waals surface area contributed by atoms with E-state index in [1.807, 2.05) is 0 Å². The lowest BCUT2D eigenvalue weighted by Crippen LogP contribution is -2.35. The van der Waals surface area contributed by atoms with Gasteiger partial charge in [0.25, 0.3) is 0 Å². The van der Waals surface area contributed by atoms with E-state index in [2.05, 4.69) is 36.3 Å². The van der Waals surface area contributed by atoms with Gasteiger partial charge in [-0.3, -0.25) is 4.98 Å². The van der Waals surface area contributed by atoms with Crippen LogP contribution in [0.1, 0.15) is 36.2 Å². The summed E-state index contributed by atoms with van der Waals surface area (Å²) in [6.45, 7) is 5.40. The Labute approximate surface area is 92.1 Å². The van der Waals surface area contributed by atoms with Gasteiger partial charge in [0.15, 0.2) is 0 Å². The summed E-state index contributed by atoms with van der Waals surface area (Å²) in [5.41, 5.74) is 3.71. The number of pyridine rings is 1. The first-order chi connectivity index (χ1) is 7.24. The molecule has 1 N–H and O–H groups in total. The number of hydrogen-bond donors (Lipinski definition) is 1. The van der Waals surface area contributed by atoms with Gasteiger partial charge in [0, 0.05) is 23.9 Å². The van der Waals surface area contributed by atoms with E-state index in [4.69, 9.17) is 0 Å². The molecule has 0 bridgehead atoms. The van der Waals surface area contributed by atoms with Crippen molar-refractivity contribution in [3.05, 3.63) is 29.1 Å². The van der Waals surface area contributed by atoms with Crippen LogP contribution < -0.4 is 5.32 Å². The Morgan fingerprint density at radius 2 is 2.20 bits per heavy atom. The van der Waals surface area contributed by atoms with Gasteiger partial charge in [-0.1, -0.05) is 6.42 Å². The Morgan fingerprint density at radius 1 is 1.33 bits per heavy atom. The second-order valence-corrected chi connectivity index (χ2v) is 4.63. The third kappa shape index (κ3) is 3.03. The fourth-order valence-electron chi connectivity index (χ4n) is 2.38. The minimum atomic E-state index is 0.646. The van der Waals surface area contributed by atoms with Crippen molar-refractivity contribution in [2.45, 2.75) is 45.6 Å². The molecule has 0 amide bonds. The largest absolute Gasteiger partial charge is 0.314 e. The van der Waals surface area contributed by atoms with E-state index in [0.717, 1.165) is 12.1 Å². The molecule has 0 aromatic carbocycles. The summed E-state index contributed by atoms with van der Waals surface area (Å²) in [5.74, 6) is 0. The SMILES string of the molecule is Cc1cc(C)nc(C[C@H]2CCCCN2)c1. The number of nitrogens with zero attached hydrogens (tertiary/aromatic N) is 1. The molecule has 15 heavy (non-hydrogen) atoms. The van der Waals surface area contributed by atoms with Crippen LogP contribution in [0.3, 0.4) is 0 Å². The van der Waals surface area contributed by atoms with E-state index in [1.54, 1.807) is 0 Å². The number of nitrogens with one attached hydrogen (secondary N) is 1. The van der Waals surface area contributed by atoms with Gasteiger partial charge in [-0.15, -0.1) is 0 Å². The molecular formula is C13H20N2. The summed E-state index contributed by atoms with van der Waals surface area (Å²) < 4.78 is 0. The molecule has 2 heterocycles. The van der Waals surface area contributed by atoms with Gasteiger partial charge in [-0.05, 0) is 50.9 Å². The van der Waals surface area contributed by atoms with E-state index in [9.17, 15) is 0 Å². The van der Waals surface area contributed by atoms with Crippen molar-refractivity contribution in [1.82, 2.24) is 10.3 Å². The van der Waals surface area contributed by atoms with Crippen LogP contribution in [-0.2, 0) is 6.42 Å². The van der Waals surface area contributed by atoms with Gasteiger partial charge in [-0.2, -0.15) is 0 Å². The zero-order chi connectivity index (χ0) is 10.7. The monoisotopic (exact) mass is 204 g/mol. The van der Waals surface area contributed by atoms with Crippen LogP contribution in [0, 0.1) is 13.8 Å². The number of piperidine rings is 1. The molecule has 1 saturated heterocycles. The molecule has 2 heteroatoms. The van der Waals surface area contributed by atoms with Crippen LogP contribution in [0.15, 0.2) is 12.1 Å². The Hall–Kier alpha value is -0.890. The van der Waals surface area contributed by atoms with Crippen molar-refractivity contribution in [3.63, 3.8) is 0 Å². The van der Waals surface area contributed by atoms with Crippen molar-refractivity contribution in [2.24, 2.45) is 0 Å². The number of rotatable bonds is 2. The van der Waals surface area contributed by atoms with E-state index in [-0.39, 0.29) is 0 Å². The average molecular weight is 204 g/mol. The lowest BCUT2D eigenvalue weighted by atomic mass is 9.99. The third-order valence-electron chi connectivity index (χ3n) is 3.02. The molecule has 1 fully saturated rings. The standard InChI is InChI=1S/C13H20N2/c1-10-7-11(2)15-13(8-10)9-12-5-3-4-6-14-12/h7-8,12,14H,3-6,9H2,1-2H3/t12-/m1/s1. The third-order valence-corrected chi connectivity index (χ3v) is 3.02. The van der Waals surface area contributed by atoms with Gasteiger partial charge in [-0.25, -0.2) is 0 Å². The molecule has 2 nitrogen and oxygen atoms in total. The van der Waals surface area contributed by atoms with Gasteiger partial charge in [0.2, 0.25) is 0 Å². The highest BCUT2D eigenvalue weighted by Crippen LogP contribution is 2.13. The van der Waals surface area contributed by atoms with Crippen LogP contribution >= 0.6 is 0 Å². The highest BCUT2D eigenvalue weighted by atomic mass is 14.9. The second kappa shape index (κ2) is 4.75. The van der Waals surface area contributed by atoms with Crippen LogP contribution in [0.4, 0.5) is 0 Å². The van der Waals surface area contributed by atoms with Crippen molar-refractivity contribution in [2.75, 3.05) is 6.54 Å². The lowest BCUT2D eigenvalue weighted by Gasteiger charge is -2.23. The Bertz CT molecular complexity index is 307. The summed E-state index contributed by atoms with van der Waals surface area (Å²) >= 11 is 0. The summed E-state index contributed by atoms with van der Waals surface area (Å²) in [6, 6.07) is 4.99. The van der Waals surface area contributed by atoms with E-state index in [1.165, 1.54) is 37.1 Å². The van der Waals surface area contributed by atoms with Gasteiger partial charge in [0.1, 0.15) is 0 Å². The normalized spacial score (nSPS) is 21.6. The fourth-order valence-corrected chi connectivity index (χ4v) is 2.38. The van der Waals surface area contributed by atoms with Crippen LogP contribution in [-0.4, -0.2) is 17.6 Å². The van der Waals surface area contributed by atoms with E-state index < -0.39 is 0 Å². The highest BCUT2D eigenvalue weighted by molar-refractivity contribution is 5.20. The van der Waals surface area contributed by atoms with Crippen LogP contribution in [0.5, 0.6) is 0 Å². The number of aromatic nitrogens is 1. The van der Waals surface area contributed by atoms with E-state index in [0.29, 0.717) is 6.04 Å². The molecule has 0 spiro atoms. The Morgan fingerprint density at radius 3 is 2.87 bits per heavy atom. The predicted molar refractivity (Wildman–Crippen MR) is 63.1 cm³/mol. The maximum Gasteiger partial charge on any atom is 0.0424 e. The molecular weight excluding hydrogens is 184 g/mol. The molecule has 0 aliphatic carbocycles. The number of hydrogen-bond acceptors (Lipinski definition) is 2. The summed E-state index contributed by atoms with van der Waals surface area (Å²) in [6.07, 6.45) is 5.08. The molecule has 1 aliphatic rings. The molecule has 82 valence electrons. The predicted octanol–water partition coefficient (Wildman–Crippen LogP) is 2.38. The smallest absolute Gasteiger partial charge is 0.0424 e. The van der Waals surface area contributed by atoms with Crippen molar-refractivity contribution < 1.29 is 0 Å².